The zero-order valence-corrected chi connectivity index (χ0v) is 36.1. The van der Waals surface area contributed by atoms with Crippen molar-refractivity contribution in [2.45, 2.75) is 200 Å². The van der Waals surface area contributed by atoms with Gasteiger partial charge in [-0.05, 0) is 89.9 Å². The first kappa shape index (κ1) is 52.8. The highest BCUT2D eigenvalue weighted by Gasteiger charge is 2.15. The minimum Gasteiger partial charge on any atom is -0.462 e. The fourth-order valence-electron chi connectivity index (χ4n) is 5.89. The summed E-state index contributed by atoms with van der Waals surface area (Å²) < 4.78 is 10.6. The Bertz CT molecular complexity index is 1110. The van der Waals surface area contributed by atoms with Crippen molar-refractivity contribution in [3.63, 3.8) is 0 Å². The molecule has 5 nitrogen and oxygen atoms in total. The van der Waals surface area contributed by atoms with Crippen molar-refractivity contribution in [2.24, 2.45) is 0 Å². The number of unbranched alkanes of at least 4 members (excludes halogenated alkanes) is 16. The fourth-order valence-corrected chi connectivity index (χ4v) is 5.89. The first-order valence-corrected chi connectivity index (χ1v) is 22.8. The molecule has 1 atom stereocenters. The lowest BCUT2D eigenvalue weighted by Crippen LogP contribution is -2.28. The van der Waals surface area contributed by atoms with E-state index in [9.17, 15) is 14.7 Å². The van der Waals surface area contributed by atoms with Crippen LogP contribution in [0.4, 0.5) is 0 Å². The Kier molecular flexibility index (Phi) is 43.6. The summed E-state index contributed by atoms with van der Waals surface area (Å²) in [6.45, 7) is 4.03. The van der Waals surface area contributed by atoms with E-state index in [1.807, 2.05) is 0 Å². The Morgan fingerprint density at radius 2 is 0.714 bits per heavy atom. The van der Waals surface area contributed by atoms with Gasteiger partial charge in [-0.3, -0.25) is 9.59 Å². The maximum absolute atomic E-state index is 12.2. The van der Waals surface area contributed by atoms with Gasteiger partial charge in [0.25, 0.3) is 0 Å². The average molecular weight is 777 g/mol. The molecule has 0 bridgehead atoms. The molecule has 0 saturated heterocycles. The lowest BCUT2D eigenvalue weighted by Gasteiger charge is -2.15. The number of hydrogen-bond acceptors (Lipinski definition) is 5. The van der Waals surface area contributed by atoms with Gasteiger partial charge in [0.1, 0.15) is 6.61 Å². The maximum atomic E-state index is 12.2. The first-order chi connectivity index (χ1) is 27.6. The highest BCUT2D eigenvalue weighted by molar-refractivity contribution is 5.70. The van der Waals surface area contributed by atoms with E-state index in [1.165, 1.54) is 103 Å². The number of carbonyl (C=O) groups is 2. The molecular weight excluding hydrogens is 693 g/mol. The summed E-state index contributed by atoms with van der Waals surface area (Å²) >= 11 is 0. The second-order valence-corrected chi connectivity index (χ2v) is 14.8. The summed E-state index contributed by atoms with van der Waals surface area (Å²) in [7, 11) is 0. The van der Waals surface area contributed by atoms with Gasteiger partial charge in [-0.2, -0.15) is 0 Å². The molecule has 0 unspecified atom stereocenters. The van der Waals surface area contributed by atoms with E-state index in [1.54, 1.807) is 0 Å². The fraction of sp³-hybridized carbons (Fsp3) is 0.647. The third-order valence-electron chi connectivity index (χ3n) is 9.35. The van der Waals surface area contributed by atoms with E-state index in [0.717, 1.165) is 51.4 Å². The summed E-state index contributed by atoms with van der Waals surface area (Å²) in [5.74, 6) is -0.728. The number of carbonyl (C=O) groups excluding carboxylic acids is 2. The first-order valence-electron chi connectivity index (χ1n) is 22.8. The summed E-state index contributed by atoms with van der Waals surface area (Å²) in [6, 6.07) is 0. The van der Waals surface area contributed by atoms with Crippen molar-refractivity contribution in [2.75, 3.05) is 13.2 Å². The number of allylic oxidation sites excluding steroid dienone is 16. The van der Waals surface area contributed by atoms with Gasteiger partial charge in [-0.25, -0.2) is 0 Å². The van der Waals surface area contributed by atoms with E-state index in [4.69, 9.17) is 9.47 Å². The van der Waals surface area contributed by atoms with E-state index < -0.39 is 6.10 Å². The Hall–Kier alpha value is -3.18. The molecule has 0 aromatic rings. The smallest absolute Gasteiger partial charge is 0.306 e. The molecule has 0 fully saturated rings. The van der Waals surface area contributed by atoms with Gasteiger partial charge in [0.2, 0.25) is 0 Å². The van der Waals surface area contributed by atoms with Crippen LogP contribution >= 0.6 is 0 Å². The van der Waals surface area contributed by atoms with Crippen molar-refractivity contribution in [1.29, 1.82) is 0 Å². The number of aliphatic hydroxyl groups is 1. The predicted octanol–water partition coefficient (Wildman–Crippen LogP) is 14.8. The van der Waals surface area contributed by atoms with Crippen LogP contribution in [0.3, 0.4) is 0 Å². The van der Waals surface area contributed by atoms with Gasteiger partial charge >= 0.3 is 11.9 Å². The molecule has 0 spiro atoms. The number of hydrogen-bond donors (Lipinski definition) is 1. The summed E-state index contributed by atoms with van der Waals surface area (Å²) in [6.07, 6.45) is 64.9. The van der Waals surface area contributed by atoms with Crippen molar-refractivity contribution in [3.05, 3.63) is 97.2 Å². The highest BCUT2D eigenvalue weighted by atomic mass is 16.6. The van der Waals surface area contributed by atoms with Crippen molar-refractivity contribution < 1.29 is 24.2 Å². The summed E-state index contributed by atoms with van der Waals surface area (Å²) in [5.41, 5.74) is 0. The highest BCUT2D eigenvalue weighted by Crippen LogP contribution is 2.11. The Labute approximate surface area is 345 Å². The molecular formula is C51H84O5. The number of esters is 2. The second kappa shape index (κ2) is 46.2. The molecule has 0 aliphatic heterocycles. The van der Waals surface area contributed by atoms with Gasteiger partial charge in [0.05, 0.1) is 6.61 Å². The van der Waals surface area contributed by atoms with Crippen LogP contribution in [0.5, 0.6) is 0 Å². The van der Waals surface area contributed by atoms with E-state index >= 15 is 0 Å². The van der Waals surface area contributed by atoms with Crippen LogP contribution in [-0.2, 0) is 19.1 Å². The molecule has 56 heavy (non-hydrogen) atoms. The summed E-state index contributed by atoms with van der Waals surface area (Å²) in [5, 5.41) is 9.58. The monoisotopic (exact) mass is 777 g/mol. The van der Waals surface area contributed by atoms with Gasteiger partial charge in [0.15, 0.2) is 6.10 Å². The maximum Gasteiger partial charge on any atom is 0.306 e. The molecule has 5 heteroatoms. The van der Waals surface area contributed by atoms with Crippen LogP contribution in [0, 0.1) is 0 Å². The molecule has 0 aliphatic rings. The minimum atomic E-state index is -0.829. The van der Waals surface area contributed by atoms with Gasteiger partial charge in [-0.1, -0.05) is 188 Å². The average Bonchev–Trinajstić information content (AvgIpc) is 3.20. The van der Waals surface area contributed by atoms with E-state index in [2.05, 4.69) is 111 Å². The molecule has 0 amide bonds. The number of aliphatic hydroxyl groups excluding tert-OH is 1. The van der Waals surface area contributed by atoms with Crippen molar-refractivity contribution in [1.82, 2.24) is 0 Å². The summed E-state index contributed by atoms with van der Waals surface area (Å²) in [4.78, 5) is 24.3. The van der Waals surface area contributed by atoms with E-state index in [-0.39, 0.29) is 31.6 Å². The number of rotatable bonds is 40. The third-order valence-corrected chi connectivity index (χ3v) is 9.35. The standard InChI is InChI=1S/C51H84O5/c1-3-5-7-9-11-13-15-17-19-21-23-25-27-29-31-33-35-37-39-41-43-45-50(53)55-48-49(47-52)56-51(54)46-44-42-40-38-36-34-32-30-28-26-24-22-20-18-16-14-12-10-8-6-4-2/h19-22,25-28,31-34,37-40,49,52H,3-18,23-24,29-30,35-36,41-48H2,1-2H3/b21-19+,22-20+,27-25+,28-26+,33-31+,34-32+,39-37+,40-38+/t49-/m0/s1. The largest absolute Gasteiger partial charge is 0.462 e. The van der Waals surface area contributed by atoms with E-state index in [0.29, 0.717) is 19.3 Å². The normalized spacial score (nSPS) is 13.1. The number of ether oxygens (including phenoxy) is 2. The molecule has 0 saturated carbocycles. The Balaban J connectivity index is 3.75. The lowest BCUT2D eigenvalue weighted by atomic mass is 10.1. The molecule has 0 aliphatic carbocycles. The van der Waals surface area contributed by atoms with Gasteiger partial charge < -0.3 is 14.6 Å². The van der Waals surface area contributed by atoms with Crippen molar-refractivity contribution in [3.8, 4) is 0 Å². The van der Waals surface area contributed by atoms with Crippen LogP contribution in [0.2, 0.25) is 0 Å². The zero-order valence-electron chi connectivity index (χ0n) is 36.1. The topological polar surface area (TPSA) is 72.8 Å². The predicted molar refractivity (Wildman–Crippen MR) is 242 cm³/mol. The molecule has 0 heterocycles. The Morgan fingerprint density at radius 3 is 1.07 bits per heavy atom. The molecule has 0 aromatic heterocycles. The minimum absolute atomic E-state index is 0.122. The molecule has 318 valence electrons. The van der Waals surface area contributed by atoms with Crippen molar-refractivity contribution >= 4 is 11.9 Å². The molecule has 1 N–H and O–H groups in total. The second-order valence-electron chi connectivity index (χ2n) is 14.8. The third kappa shape index (κ3) is 43.5. The van der Waals surface area contributed by atoms with Crippen LogP contribution in [0.1, 0.15) is 194 Å². The molecule has 0 aromatic carbocycles. The van der Waals surface area contributed by atoms with Crippen LogP contribution in [0.25, 0.3) is 0 Å². The van der Waals surface area contributed by atoms with Crippen LogP contribution in [-0.4, -0.2) is 36.4 Å². The SMILES string of the molecule is CCCCCCCCC/C=C/C/C=C/C/C=C/C/C=C/CCCC(=O)OC[C@H](CO)OC(=O)CCC/C=C/C/C=C/C/C=C/C/C=C/CCCCCCCCC. The quantitative estimate of drug-likeness (QED) is 0.0381. The van der Waals surface area contributed by atoms with Gasteiger partial charge in [-0.15, -0.1) is 0 Å². The Morgan fingerprint density at radius 1 is 0.411 bits per heavy atom. The van der Waals surface area contributed by atoms with Crippen LogP contribution in [0.15, 0.2) is 97.2 Å². The lowest BCUT2D eigenvalue weighted by molar-refractivity contribution is -0.161. The molecule has 0 rings (SSSR count). The van der Waals surface area contributed by atoms with Crippen LogP contribution < -0.4 is 0 Å². The van der Waals surface area contributed by atoms with Gasteiger partial charge in [0, 0.05) is 12.8 Å². The zero-order chi connectivity index (χ0) is 40.7. The molecule has 0 radical (unpaired) electrons.